The monoisotopic (exact) mass is 282 g/mol. The van der Waals surface area contributed by atoms with Gasteiger partial charge >= 0.3 is 0 Å². The van der Waals surface area contributed by atoms with Gasteiger partial charge in [-0.25, -0.2) is 0 Å². The Morgan fingerprint density at radius 3 is 2.89 bits per heavy atom. The molecule has 0 spiro atoms. The van der Waals surface area contributed by atoms with Gasteiger partial charge in [-0.3, -0.25) is 4.79 Å². The molecule has 1 atom stereocenters. The minimum absolute atomic E-state index is 0. The van der Waals surface area contributed by atoms with Crippen LogP contribution in [0.4, 0.5) is 0 Å². The van der Waals surface area contributed by atoms with E-state index < -0.39 is 0 Å². The Kier molecular flexibility index (Phi) is 6.89. The smallest absolute Gasteiger partial charge is 0.220 e. The molecule has 1 heterocycles. The van der Waals surface area contributed by atoms with Gasteiger partial charge in [-0.1, -0.05) is 24.3 Å². The molecule has 0 bridgehead atoms. The lowest BCUT2D eigenvalue weighted by Crippen LogP contribution is -2.45. The van der Waals surface area contributed by atoms with Gasteiger partial charge in [-0.05, 0) is 43.9 Å². The van der Waals surface area contributed by atoms with Crippen molar-refractivity contribution in [2.24, 2.45) is 0 Å². The molecule has 19 heavy (non-hydrogen) atoms. The molecule has 1 saturated heterocycles. The molecular formula is C15H23ClN2O. The van der Waals surface area contributed by atoms with Crippen LogP contribution in [0.1, 0.15) is 30.4 Å². The highest BCUT2D eigenvalue weighted by molar-refractivity contribution is 5.85. The van der Waals surface area contributed by atoms with Gasteiger partial charge in [0.25, 0.3) is 0 Å². The first-order valence-corrected chi connectivity index (χ1v) is 6.80. The Labute approximate surface area is 121 Å². The molecular weight excluding hydrogens is 260 g/mol. The number of carbonyl (C=O) groups is 1. The first-order chi connectivity index (χ1) is 8.75. The molecule has 0 aliphatic carbocycles. The van der Waals surface area contributed by atoms with Crippen molar-refractivity contribution in [3.05, 3.63) is 35.4 Å². The Morgan fingerprint density at radius 2 is 2.21 bits per heavy atom. The summed E-state index contributed by atoms with van der Waals surface area (Å²) in [5.41, 5.74) is 2.54. The number of piperidine rings is 1. The number of hydrogen-bond donors (Lipinski definition) is 2. The number of halogens is 1. The average Bonchev–Trinajstić information content (AvgIpc) is 2.39. The molecule has 0 unspecified atom stereocenters. The summed E-state index contributed by atoms with van der Waals surface area (Å²) in [7, 11) is 0. The molecule has 4 heteroatoms. The van der Waals surface area contributed by atoms with Gasteiger partial charge in [0.05, 0.1) is 0 Å². The van der Waals surface area contributed by atoms with Crippen molar-refractivity contribution in [1.29, 1.82) is 0 Å². The zero-order chi connectivity index (χ0) is 12.8. The van der Waals surface area contributed by atoms with Crippen LogP contribution in [-0.2, 0) is 11.2 Å². The lowest BCUT2D eigenvalue weighted by molar-refractivity contribution is -0.121. The third-order valence-electron chi connectivity index (χ3n) is 3.54. The summed E-state index contributed by atoms with van der Waals surface area (Å²) in [4.78, 5) is 11.9. The van der Waals surface area contributed by atoms with Crippen LogP contribution in [0.2, 0.25) is 0 Å². The summed E-state index contributed by atoms with van der Waals surface area (Å²) in [5, 5.41) is 6.42. The quantitative estimate of drug-likeness (QED) is 0.889. The Bertz CT molecular complexity index is 403. The number of rotatable bonds is 4. The largest absolute Gasteiger partial charge is 0.352 e. The molecule has 0 aromatic heterocycles. The molecule has 0 saturated carbocycles. The van der Waals surface area contributed by atoms with Crippen LogP contribution >= 0.6 is 12.4 Å². The fraction of sp³-hybridized carbons (Fsp3) is 0.533. The van der Waals surface area contributed by atoms with E-state index in [4.69, 9.17) is 0 Å². The second-order valence-electron chi connectivity index (χ2n) is 5.04. The van der Waals surface area contributed by atoms with Crippen LogP contribution in [0.25, 0.3) is 0 Å². The molecule has 2 N–H and O–H groups in total. The highest BCUT2D eigenvalue weighted by atomic mass is 35.5. The second-order valence-corrected chi connectivity index (χ2v) is 5.04. The maximum atomic E-state index is 11.9. The Hall–Kier alpha value is -1.06. The van der Waals surface area contributed by atoms with Crippen molar-refractivity contribution in [2.45, 2.75) is 38.6 Å². The van der Waals surface area contributed by atoms with Crippen LogP contribution in [0.5, 0.6) is 0 Å². The molecule has 1 aromatic carbocycles. The number of amides is 1. The fourth-order valence-corrected chi connectivity index (χ4v) is 2.41. The third-order valence-corrected chi connectivity index (χ3v) is 3.54. The lowest BCUT2D eigenvalue weighted by Gasteiger charge is -2.23. The van der Waals surface area contributed by atoms with Gasteiger partial charge in [-0.2, -0.15) is 0 Å². The molecule has 3 nitrogen and oxygen atoms in total. The molecule has 1 aromatic rings. The number of benzene rings is 1. The number of carbonyl (C=O) groups excluding carboxylic acids is 1. The molecule has 106 valence electrons. The normalized spacial score (nSPS) is 18.5. The van der Waals surface area contributed by atoms with Crippen LogP contribution in [-0.4, -0.2) is 25.0 Å². The molecule has 1 aliphatic rings. The third kappa shape index (κ3) is 5.21. The topological polar surface area (TPSA) is 41.1 Å². The summed E-state index contributed by atoms with van der Waals surface area (Å²) in [6.07, 6.45) is 3.67. The zero-order valence-corrected chi connectivity index (χ0v) is 12.3. The summed E-state index contributed by atoms with van der Waals surface area (Å²) in [6, 6.07) is 8.59. The van der Waals surface area contributed by atoms with Crippen molar-refractivity contribution in [3.63, 3.8) is 0 Å². The van der Waals surface area contributed by atoms with E-state index in [0.29, 0.717) is 12.5 Å². The highest BCUT2D eigenvalue weighted by Gasteiger charge is 2.15. The molecule has 0 radical (unpaired) electrons. The standard InChI is InChI=1S/C15H22N2O.ClH/c1-12-5-2-3-6-13(12)8-9-15(18)17-14-7-4-10-16-11-14;/h2-3,5-6,14,16H,4,7-11H2,1H3,(H,17,18);1H/t14-;/m0./s1. The van der Waals surface area contributed by atoms with E-state index in [0.717, 1.165) is 32.4 Å². The zero-order valence-electron chi connectivity index (χ0n) is 11.4. The van der Waals surface area contributed by atoms with E-state index in [-0.39, 0.29) is 18.3 Å². The van der Waals surface area contributed by atoms with Crippen molar-refractivity contribution in [1.82, 2.24) is 10.6 Å². The van der Waals surface area contributed by atoms with Gasteiger partial charge in [0.2, 0.25) is 5.91 Å². The van der Waals surface area contributed by atoms with E-state index in [9.17, 15) is 4.79 Å². The maximum absolute atomic E-state index is 11.9. The Balaban J connectivity index is 0.00000180. The number of nitrogens with one attached hydrogen (secondary N) is 2. The SMILES string of the molecule is Cc1ccccc1CCC(=O)N[C@H]1CCCNC1.Cl. The molecule has 1 amide bonds. The van der Waals surface area contributed by atoms with E-state index in [1.54, 1.807) is 0 Å². The van der Waals surface area contributed by atoms with Gasteiger partial charge < -0.3 is 10.6 Å². The van der Waals surface area contributed by atoms with Crippen LogP contribution in [0.15, 0.2) is 24.3 Å². The van der Waals surface area contributed by atoms with Crippen LogP contribution < -0.4 is 10.6 Å². The van der Waals surface area contributed by atoms with Gasteiger partial charge in [0.15, 0.2) is 0 Å². The van der Waals surface area contributed by atoms with Crippen molar-refractivity contribution in [3.8, 4) is 0 Å². The minimum atomic E-state index is 0. The van der Waals surface area contributed by atoms with Crippen molar-refractivity contribution < 1.29 is 4.79 Å². The summed E-state index contributed by atoms with van der Waals surface area (Å²) < 4.78 is 0. The minimum Gasteiger partial charge on any atom is -0.352 e. The first kappa shape index (κ1) is 16.0. The van der Waals surface area contributed by atoms with Gasteiger partial charge in [0.1, 0.15) is 0 Å². The van der Waals surface area contributed by atoms with Crippen LogP contribution in [0.3, 0.4) is 0 Å². The first-order valence-electron chi connectivity index (χ1n) is 6.80. The van der Waals surface area contributed by atoms with E-state index in [1.807, 2.05) is 12.1 Å². The van der Waals surface area contributed by atoms with Crippen molar-refractivity contribution in [2.75, 3.05) is 13.1 Å². The number of aryl methyl sites for hydroxylation is 2. The lowest BCUT2D eigenvalue weighted by atomic mass is 10.0. The fourth-order valence-electron chi connectivity index (χ4n) is 2.41. The van der Waals surface area contributed by atoms with Crippen LogP contribution in [0, 0.1) is 6.92 Å². The molecule has 2 rings (SSSR count). The number of hydrogen-bond acceptors (Lipinski definition) is 2. The molecule has 1 fully saturated rings. The highest BCUT2D eigenvalue weighted by Crippen LogP contribution is 2.09. The van der Waals surface area contributed by atoms with Gasteiger partial charge in [0, 0.05) is 19.0 Å². The predicted molar refractivity (Wildman–Crippen MR) is 80.8 cm³/mol. The summed E-state index contributed by atoms with van der Waals surface area (Å²) in [6.45, 7) is 4.09. The summed E-state index contributed by atoms with van der Waals surface area (Å²) >= 11 is 0. The van der Waals surface area contributed by atoms with E-state index in [1.165, 1.54) is 11.1 Å². The molecule has 1 aliphatic heterocycles. The Morgan fingerprint density at radius 1 is 1.42 bits per heavy atom. The second kappa shape index (κ2) is 8.18. The van der Waals surface area contributed by atoms with Crippen molar-refractivity contribution >= 4 is 18.3 Å². The predicted octanol–water partition coefficient (Wildman–Crippen LogP) is 2.22. The van der Waals surface area contributed by atoms with E-state index in [2.05, 4.69) is 29.7 Å². The van der Waals surface area contributed by atoms with E-state index >= 15 is 0 Å². The summed E-state index contributed by atoms with van der Waals surface area (Å²) in [5.74, 6) is 0.173. The van der Waals surface area contributed by atoms with Gasteiger partial charge in [-0.15, -0.1) is 12.4 Å². The maximum Gasteiger partial charge on any atom is 0.220 e. The average molecular weight is 283 g/mol.